The third-order valence-corrected chi connectivity index (χ3v) is 4.73. The van der Waals surface area contributed by atoms with Gasteiger partial charge in [-0.2, -0.15) is 5.10 Å². The average Bonchev–Trinajstić information content (AvgIpc) is 3.29. The molecule has 5 heteroatoms. The number of benzene rings is 2. The maximum absolute atomic E-state index is 12.8. The van der Waals surface area contributed by atoms with E-state index in [1.54, 1.807) is 7.11 Å². The molecule has 1 heterocycles. The summed E-state index contributed by atoms with van der Waals surface area (Å²) in [6, 6.07) is 17.7. The largest absolute Gasteiger partial charge is 0.497 e. The minimum atomic E-state index is -0.124. The number of amides is 1. The van der Waals surface area contributed by atoms with Crippen LogP contribution in [0.3, 0.4) is 0 Å². The SMILES string of the molecule is COc1cccc(CNC(=O)c2nn(-c3ccccc3)c3c2CCC3)c1. The predicted molar refractivity (Wildman–Crippen MR) is 99.8 cm³/mol. The number of fused-ring (bicyclic) bond motifs is 1. The van der Waals surface area contributed by atoms with Crippen molar-refractivity contribution in [3.63, 3.8) is 0 Å². The highest BCUT2D eigenvalue weighted by Crippen LogP contribution is 2.27. The number of rotatable bonds is 5. The zero-order valence-electron chi connectivity index (χ0n) is 14.7. The van der Waals surface area contributed by atoms with Crippen LogP contribution in [0.5, 0.6) is 5.75 Å². The first-order chi connectivity index (χ1) is 12.8. The molecule has 0 fully saturated rings. The number of para-hydroxylation sites is 1. The normalized spacial score (nSPS) is 12.7. The van der Waals surface area contributed by atoms with E-state index in [2.05, 4.69) is 10.4 Å². The van der Waals surface area contributed by atoms with Gasteiger partial charge in [0.15, 0.2) is 5.69 Å². The molecule has 4 rings (SSSR count). The summed E-state index contributed by atoms with van der Waals surface area (Å²) in [4.78, 5) is 12.8. The molecule has 1 aliphatic rings. The molecule has 1 aliphatic carbocycles. The minimum Gasteiger partial charge on any atom is -0.497 e. The van der Waals surface area contributed by atoms with E-state index >= 15 is 0 Å². The van der Waals surface area contributed by atoms with E-state index in [1.807, 2.05) is 59.3 Å². The molecule has 1 amide bonds. The van der Waals surface area contributed by atoms with Crippen LogP contribution in [0.1, 0.15) is 33.7 Å². The molecule has 26 heavy (non-hydrogen) atoms. The van der Waals surface area contributed by atoms with E-state index in [0.717, 1.165) is 47.5 Å². The summed E-state index contributed by atoms with van der Waals surface area (Å²) in [5.41, 5.74) is 4.78. The van der Waals surface area contributed by atoms with Gasteiger partial charge in [0, 0.05) is 17.8 Å². The van der Waals surface area contributed by atoms with E-state index in [4.69, 9.17) is 4.74 Å². The molecular weight excluding hydrogens is 326 g/mol. The standard InChI is InChI=1S/C21H21N3O2/c1-26-17-10-5-7-15(13-17)14-22-21(25)20-18-11-6-12-19(18)24(23-20)16-8-3-2-4-9-16/h2-5,7-10,13H,6,11-12,14H2,1H3,(H,22,25). The number of nitrogens with zero attached hydrogens (tertiary/aromatic N) is 2. The maximum Gasteiger partial charge on any atom is 0.272 e. The molecule has 0 saturated carbocycles. The molecule has 0 unspecified atom stereocenters. The molecule has 132 valence electrons. The van der Waals surface area contributed by atoms with Crippen LogP contribution in [0.25, 0.3) is 5.69 Å². The van der Waals surface area contributed by atoms with Crippen LogP contribution < -0.4 is 10.1 Å². The fourth-order valence-electron chi connectivity index (χ4n) is 3.45. The predicted octanol–water partition coefficient (Wildman–Crippen LogP) is 3.30. The number of hydrogen-bond donors (Lipinski definition) is 1. The molecule has 0 spiro atoms. The molecular formula is C21H21N3O2. The monoisotopic (exact) mass is 347 g/mol. The van der Waals surface area contributed by atoms with Gasteiger partial charge in [-0.05, 0) is 49.1 Å². The lowest BCUT2D eigenvalue weighted by atomic mass is 10.1. The fourth-order valence-corrected chi connectivity index (χ4v) is 3.45. The second kappa shape index (κ2) is 7.04. The Morgan fingerprint density at radius 3 is 2.81 bits per heavy atom. The lowest BCUT2D eigenvalue weighted by molar-refractivity contribution is 0.0944. The van der Waals surface area contributed by atoms with E-state index in [1.165, 1.54) is 0 Å². The number of methoxy groups -OCH3 is 1. The van der Waals surface area contributed by atoms with Crippen LogP contribution in [-0.4, -0.2) is 22.8 Å². The number of aromatic nitrogens is 2. The summed E-state index contributed by atoms with van der Waals surface area (Å²) >= 11 is 0. The zero-order valence-corrected chi connectivity index (χ0v) is 14.7. The van der Waals surface area contributed by atoms with E-state index < -0.39 is 0 Å². The van der Waals surface area contributed by atoms with Gasteiger partial charge < -0.3 is 10.1 Å². The van der Waals surface area contributed by atoms with Crippen LogP contribution in [0, 0.1) is 0 Å². The van der Waals surface area contributed by atoms with Crippen molar-refractivity contribution < 1.29 is 9.53 Å². The average molecular weight is 347 g/mol. The lowest BCUT2D eigenvalue weighted by Crippen LogP contribution is -2.24. The van der Waals surface area contributed by atoms with E-state index in [0.29, 0.717) is 12.2 Å². The molecule has 0 radical (unpaired) electrons. The molecule has 5 nitrogen and oxygen atoms in total. The van der Waals surface area contributed by atoms with Crippen molar-refractivity contribution in [1.82, 2.24) is 15.1 Å². The first-order valence-corrected chi connectivity index (χ1v) is 8.83. The molecule has 0 atom stereocenters. The van der Waals surface area contributed by atoms with Crippen LogP contribution >= 0.6 is 0 Å². The topological polar surface area (TPSA) is 56.1 Å². The maximum atomic E-state index is 12.8. The fraction of sp³-hybridized carbons (Fsp3) is 0.238. The van der Waals surface area contributed by atoms with Gasteiger partial charge in [0.1, 0.15) is 5.75 Å². The quantitative estimate of drug-likeness (QED) is 0.770. The third-order valence-electron chi connectivity index (χ3n) is 4.73. The number of carbonyl (C=O) groups excluding carboxylic acids is 1. The number of nitrogens with one attached hydrogen (secondary N) is 1. The number of hydrogen-bond acceptors (Lipinski definition) is 3. The molecule has 0 saturated heterocycles. The Morgan fingerprint density at radius 2 is 2.00 bits per heavy atom. The summed E-state index contributed by atoms with van der Waals surface area (Å²) in [7, 11) is 1.64. The first-order valence-electron chi connectivity index (χ1n) is 8.83. The second-order valence-electron chi connectivity index (χ2n) is 6.41. The van der Waals surface area contributed by atoms with Crippen LogP contribution in [0.4, 0.5) is 0 Å². The van der Waals surface area contributed by atoms with Crippen molar-refractivity contribution in [2.75, 3.05) is 7.11 Å². The molecule has 1 N–H and O–H groups in total. The van der Waals surface area contributed by atoms with E-state index in [9.17, 15) is 4.79 Å². The summed E-state index contributed by atoms with van der Waals surface area (Å²) < 4.78 is 7.15. The molecule has 2 aromatic carbocycles. The van der Waals surface area contributed by atoms with Gasteiger partial charge in [0.2, 0.25) is 0 Å². The Balaban J connectivity index is 1.57. The van der Waals surface area contributed by atoms with Gasteiger partial charge in [-0.15, -0.1) is 0 Å². The van der Waals surface area contributed by atoms with Crippen molar-refractivity contribution in [1.29, 1.82) is 0 Å². The first kappa shape index (κ1) is 16.4. The Morgan fingerprint density at radius 1 is 1.15 bits per heavy atom. The Hall–Kier alpha value is -3.08. The van der Waals surface area contributed by atoms with Crippen molar-refractivity contribution in [3.8, 4) is 11.4 Å². The zero-order chi connectivity index (χ0) is 17.9. The van der Waals surface area contributed by atoms with Gasteiger partial charge >= 0.3 is 0 Å². The summed E-state index contributed by atoms with van der Waals surface area (Å²) in [5.74, 6) is 0.659. The summed E-state index contributed by atoms with van der Waals surface area (Å²) in [5, 5.41) is 7.62. The smallest absolute Gasteiger partial charge is 0.272 e. The Bertz CT molecular complexity index is 932. The molecule has 1 aromatic heterocycles. The van der Waals surface area contributed by atoms with Gasteiger partial charge in [-0.25, -0.2) is 4.68 Å². The highest BCUT2D eigenvalue weighted by molar-refractivity contribution is 5.94. The highest BCUT2D eigenvalue weighted by atomic mass is 16.5. The van der Waals surface area contributed by atoms with Crippen molar-refractivity contribution in [2.24, 2.45) is 0 Å². The van der Waals surface area contributed by atoms with Gasteiger partial charge in [0.25, 0.3) is 5.91 Å². The molecule has 3 aromatic rings. The van der Waals surface area contributed by atoms with E-state index in [-0.39, 0.29) is 5.91 Å². The third kappa shape index (κ3) is 3.08. The van der Waals surface area contributed by atoms with Crippen LogP contribution in [0.2, 0.25) is 0 Å². The summed E-state index contributed by atoms with van der Waals surface area (Å²) in [6.07, 6.45) is 2.93. The van der Waals surface area contributed by atoms with Gasteiger partial charge in [-0.1, -0.05) is 30.3 Å². The van der Waals surface area contributed by atoms with Crippen molar-refractivity contribution in [3.05, 3.63) is 77.1 Å². The number of ether oxygens (including phenoxy) is 1. The summed E-state index contributed by atoms with van der Waals surface area (Å²) in [6.45, 7) is 0.447. The van der Waals surface area contributed by atoms with Gasteiger partial charge in [0.05, 0.1) is 12.8 Å². The minimum absolute atomic E-state index is 0.124. The number of carbonyl (C=O) groups is 1. The van der Waals surface area contributed by atoms with Crippen molar-refractivity contribution in [2.45, 2.75) is 25.8 Å². The van der Waals surface area contributed by atoms with Gasteiger partial charge in [-0.3, -0.25) is 4.79 Å². The van der Waals surface area contributed by atoms with Crippen LogP contribution in [0.15, 0.2) is 54.6 Å². The second-order valence-corrected chi connectivity index (χ2v) is 6.41. The van der Waals surface area contributed by atoms with Crippen molar-refractivity contribution >= 4 is 5.91 Å². The lowest BCUT2D eigenvalue weighted by Gasteiger charge is -2.07. The molecule has 0 aliphatic heterocycles. The molecule has 0 bridgehead atoms. The Kier molecular flexibility index (Phi) is 4.44. The van der Waals surface area contributed by atoms with Crippen LogP contribution in [-0.2, 0) is 19.4 Å². The Labute approximate surface area is 152 Å². The highest BCUT2D eigenvalue weighted by Gasteiger charge is 2.26.